The molecule has 0 fully saturated rings. The number of rotatable bonds is 7. The molecule has 2 aromatic rings. The molecule has 0 bridgehead atoms. The van der Waals surface area contributed by atoms with Crippen LogP contribution in [0.5, 0.6) is 11.5 Å². The third-order valence-corrected chi connectivity index (χ3v) is 3.50. The Hall–Kier alpha value is -3.86. The molecule has 0 aromatic heterocycles. The van der Waals surface area contributed by atoms with E-state index in [1.54, 1.807) is 18.2 Å². The third kappa shape index (κ3) is 5.06. The number of non-ortho nitro benzene ring substituents is 1. The van der Waals surface area contributed by atoms with E-state index in [0.29, 0.717) is 29.4 Å². The molecule has 8 nitrogen and oxygen atoms in total. The zero-order chi connectivity index (χ0) is 19.8. The van der Waals surface area contributed by atoms with E-state index >= 15 is 0 Å². The molecule has 0 radical (unpaired) electrons. The fraction of sp³-hybridized carbons (Fsp3) is 0.158. The maximum Gasteiger partial charge on any atom is 0.269 e. The molecule has 0 atom stereocenters. The summed E-state index contributed by atoms with van der Waals surface area (Å²) in [5, 5.41) is 22.5. The topological polar surface area (TPSA) is 114 Å². The van der Waals surface area contributed by atoms with Gasteiger partial charge in [-0.3, -0.25) is 14.9 Å². The van der Waals surface area contributed by atoms with E-state index in [4.69, 9.17) is 9.47 Å². The summed E-state index contributed by atoms with van der Waals surface area (Å²) >= 11 is 0. The number of amides is 1. The molecule has 0 saturated heterocycles. The number of methoxy groups -OCH3 is 1. The minimum atomic E-state index is -0.626. The average molecular weight is 367 g/mol. The van der Waals surface area contributed by atoms with Crippen molar-refractivity contribution in [3.63, 3.8) is 0 Å². The Kier molecular flexibility index (Phi) is 6.49. The van der Waals surface area contributed by atoms with Gasteiger partial charge in [-0.2, -0.15) is 5.26 Å². The SMILES string of the molecule is CCOc1ccc(/C=C(\C#N)C(=O)Nc2ccc([N+](=O)[O-])cc2)cc1OC. The van der Waals surface area contributed by atoms with E-state index < -0.39 is 10.8 Å². The van der Waals surface area contributed by atoms with Crippen LogP contribution < -0.4 is 14.8 Å². The molecule has 2 rings (SSSR count). The summed E-state index contributed by atoms with van der Waals surface area (Å²) in [7, 11) is 1.50. The lowest BCUT2D eigenvalue weighted by molar-refractivity contribution is -0.384. The van der Waals surface area contributed by atoms with Gasteiger partial charge in [-0.1, -0.05) is 6.07 Å². The Labute approximate surface area is 155 Å². The summed E-state index contributed by atoms with van der Waals surface area (Å²) in [5.74, 6) is 0.420. The van der Waals surface area contributed by atoms with Crippen LogP contribution in [-0.4, -0.2) is 24.5 Å². The zero-order valence-corrected chi connectivity index (χ0v) is 14.8. The van der Waals surface area contributed by atoms with Gasteiger partial charge in [0.25, 0.3) is 11.6 Å². The summed E-state index contributed by atoms with van der Waals surface area (Å²) in [5.41, 5.74) is 0.715. The first kappa shape index (κ1) is 19.5. The van der Waals surface area contributed by atoms with Crippen LogP contribution >= 0.6 is 0 Å². The van der Waals surface area contributed by atoms with Crippen molar-refractivity contribution in [2.75, 3.05) is 19.0 Å². The van der Waals surface area contributed by atoms with E-state index in [9.17, 15) is 20.2 Å². The zero-order valence-electron chi connectivity index (χ0n) is 14.8. The number of carbonyl (C=O) groups is 1. The highest BCUT2D eigenvalue weighted by Gasteiger charge is 2.12. The first-order valence-corrected chi connectivity index (χ1v) is 7.97. The Bertz CT molecular complexity index is 914. The Morgan fingerprint density at radius 3 is 2.52 bits per heavy atom. The maximum atomic E-state index is 12.3. The summed E-state index contributed by atoms with van der Waals surface area (Å²) in [4.78, 5) is 22.4. The molecule has 0 saturated carbocycles. The van der Waals surface area contributed by atoms with Gasteiger partial charge in [0, 0.05) is 17.8 Å². The van der Waals surface area contributed by atoms with Crippen LogP contribution in [-0.2, 0) is 4.79 Å². The highest BCUT2D eigenvalue weighted by Crippen LogP contribution is 2.29. The van der Waals surface area contributed by atoms with Gasteiger partial charge in [-0.15, -0.1) is 0 Å². The quantitative estimate of drug-likeness (QED) is 0.346. The van der Waals surface area contributed by atoms with Crippen molar-refractivity contribution in [2.24, 2.45) is 0 Å². The van der Waals surface area contributed by atoms with Crippen LogP contribution in [0.3, 0.4) is 0 Å². The molecule has 1 N–H and O–H groups in total. The molecule has 138 valence electrons. The highest BCUT2D eigenvalue weighted by atomic mass is 16.6. The number of anilines is 1. The molecule has 1 amide bonds. The van der Waals surface area contributed by atoms with Crippen molar-refractivity contribution >= 4 is 23.4 Å². The second kappa shape index (κ2) is 9.01. The largest absolute Gasteiger partial charge is 0.493 e. The van der Waals surface area contributed by atoms with Gasteiger partial charge in [-0.05, 0) is 42.8 Å². The number of nitrogens with zero attached hydrogens (tertiary/aromatic N) is 2. The summed E-state index contributed by atoms with van der Waals surface area (Å²) in [6, 6.07) is 12.2. The van der Waals surface area contributed by atoms with E-state index in [0.717, 1.165) is 0 Å². The normalized spacial score (nSPS) is 10.6. The predicted molar refractivity (Wildman–Crippen MR) is 99.5 cm³/mol. The Morgan fingerprint density at radius 2 is 1.96 bits per heavy atom. The summed E-state index contributed by atoms with van der Waals surface area (Å²) in [6.45, 7) is 2.33. The molecule has 8 heteroatoms. The number of benzene rings is 2. The number of hydrogen-bond donors (Lipinski definition) is 1. The number of nitro groups is 1. The average Bonchev–Trinajstić information content (AvgIpc) is 2.67. The fourth-order valence-corrected chi connectivity index (χ4v) is 2.23. The molecule has 27 heavy (non-hydrogen) atoms. The second-order valence-corrected chi connectivity index (χ2v) is 5.27. The second-order valence-electron chi connectivity index (χ2n) is 5.27. The smallest absolute Gasteiger partial charge is 0.269 e. The summed E-state index contributed by atoms with van der Waals surface area (Å²) < 4.78 is 10.7. The lowest BCUT2D eigenvalue weighted by Crippen LogP contribution is -2.13. The van der Waals surface area contributed by atoms with Crippen molar-refractivity contribution in [2.45, 2.75) is 6.92 Å². The minimum Gasteiger partial charge on any atom is -0.493 e. The van der Waals surface area contributed by atoms with Gasteiger partial charge < -0.3 is 14.8 Å². The molecule has 0 aliphatic rings. The third-order valence-electron chi connectivity index (χ3n) is 3.50. The van der Waals surface area contributed by atoms with Crippen LogP contribution in [0.4, 0.5) is 11.4 Å². The van der Waals surface area contributed by atoms with Crippen LogP contribution in [0, 0.1) is 21.4 Å². The van der Waals surface area contributed by atoms with Gasteiger partial charge in [-0.25, -0.2) is 0 Å². The van der Waals surface area contributed by atoms with Crippen LogP contribution in [0.1, 0.15) is 12.5 Å². The lowest BCUT2D eigenvalue weighted by Gasteiger charge is -2.10. The monoisotopic (exact) mass is 367 g/mol. The molecule has 0 spiro atoms. The first-order valence-electron chi connectivity index (χ1n) is 7.97. The van der Waals surface area contributed by atoms with Crippen molar-refractivity contribution in [1.82, 2.24) is 0 Å². The standard InChI is InChI=1S/C19H17N3O5/c1-3-27-17-9-4-13(11-18(17)26-2)10-14(12-20)19(23)21-15-5-7-16(8-6-15)22(24)25/h4-11H,3H2,1-2H3,(H,21,23)/b14-10+. The molecule has 0 aliphatic heterocycles. The van der Waals surface area contributed by atoms with Gasteiger partial charge in [0.2, 0.25) is 0 Å². The molecular formula is C19H17N3O5. The predicted octanol–water partition coefficient (Wildman–Crippen LogP) is 3.55. The number of nitro benzene ring substituents is 1. The highest BCUT2D eigenvalue weighted by molar-refractivity contribution is 6.09. The van der Waals surface area contributed by atoms with Crippen LogP contribution in [0.2, 0.25) is 0 Å². The fourth-order valence-electron chi connectivity index (χ4n) is 2.23. The molecule has 0 heterocycles. The molecule has 0 unspecified atom stereocenters. The van der Waals surface area contributed by atoms with Crippen molar-refractivity contribution in [3.05, 3.63) is 63.7 Å². The van der Waals surface area contributed by atoms with Crippen molar-refractivity contribution in [3.8, 4) is 17.6 Å². The molecule has 2 aromatic carbocycles. The van der Waals surface area contributed by atoms with E-state index in [1.165, 1.54) is 37.5 Å². The van der Waals surface area contributed by atoms with Crippen molar-refractivity contribution in [1.29, 1.82) is 5.26 Å². The number of carbonyl (C=O) groups excluding carboxylic acids is 1. The van der Waals surface area contributed by atoms with E-state index in [-0.39, 0.29) is 11.3 Å². The number of nitriles is 1. The Balaban J connectivity index is 2.21. The van der Waals surface area contributed by atoms with Gasteiger partial charge in [0.1, 0.15) is 11.6 Å². The van der Waals surface area contributed by atoms with E-state index in [1.807, 2.05) is 13.0 Å². The van der Waals surface area contributed by atoms with Gasteiger partial charge >= 0.3 is 0 Å². The van der Waals surface area contributed by atoms with Gasteiger partial charge in [0.05, 0.1) is 18.6 Å². The lowest BCUT2D eigenvalue weighted by atomic mass is 10.1. The minimum absolute atomic E-state index is 0.0921. The van der Waals surface area contributed by atoms with Crippen molar-refractivity contribution < 1.29 is 19.2 Å². The van der Waals surface area contributed by atoms with Gasteiger partial charge in [0.15, 0.2) is 11.5 Å². The Morgan fingerprint density at radius 1 is 1.26 bits per heavy atom. The number of ether oxygens (including phenoxy) is 2. The first-order chi connectivity index (χ1) is 13.0. The number of nitrogens with one attached hydrogen (secondary N) is 1. The number of hydrogen-bond acceptors (Lipinski definition) is 6. The van der Waals surface area contributed by atoms with Crippen LogP contribution in [0.25, 0.3) is 6.08 Å². The molecule has 0 aliphatic carbocycles. The summed E-state index contributed by atoms with van der Waals surface area (Å²) in [6.07, 6.45) is 1.42. The van der Waals surface area contributed by atoms with Crippen LogP contribution in [0.15, 0.2) is 48.0 Å². The maximum absolute atomic E-state index is 12.3. The van der Waals surface area contributed by atoms with E-state index in [2.05, 4.69) is 5.32 Å². The molecular weight excluding hydrogens is 350 g/mol.